The highest BCUT2D eigenvalue weighted by atomic mass is 35.5. The standard InChI is InChI=1S/C26H21Cl2NO4/c1-14-11-19-22(12-15(14)2)33-25(17-7-9-18(27)10-8-17)26(24(19)31)32-13-23(30)29-21-6-4-5-20(28)16(21)3/h4-12H,13H2,1-3H3,(H,29,30). The Bertz CT molecular complexity index is 1430. The third-order valence-electron chi connectivity index (χ3n) is 5.46. The minimum absolute atomic E-state index is 0.0361. The van der Waals surface area contributed by atoms with E-state index >= 15 is 0 Å². The lowest BCUT2D eigenvalue weighted by Crippen LogP contribution is -2.23. The second-order valence-corrected chi connectivity index (χ2v) is 8.62. The van der Waals surface area contributed by atoms with E-state index in [-0.39, 0.29) is 23.5 Å². The largest absolute Gasteiger partial charge is 0.476 e. The molecular formula is C26H21Cl2NO4. The van der Waals surface area contributed by atoms with E-state index in [2.05, 4.69) is 5.32 Å². The zero-order chi connectivity index (χ0) is 23.7. The van der Waals surface area contributed by atoms with E-state index in [9.17, 15) is 9.59 Å². The molecule has 0 atom stereocenters. The van der Waals surface area contributed by atoms with Crippen molar-refractivity contribution < 1.29 is 13.9 Å². The normalized spacial score (nSPS) is 10.9. The number of halogens is 2. The molecule has 0 spiro atoms. The highest BCUT2D eigenvalue weighted by Gasteiger charge is 2.20. The van der Waals surface area contributed by atoms with Crippen molar-refractivity contribution >= 4 is 45.8 Å². The summed E-state index contributed by atoms with van der Waals surface area (Å²) < 4.78 is 11.9. The Hall–Kier alpha value is -3.28. The number of hydrogen-bond donors (Lipinski definition) is 1. The highest BCUT2D eigenvalue weighted by molar-refractivity contribution is 6.31. The number of ether oxygens (including phenoxy) is 1. The fraction of sp³-hybridized carbons (Fsp3) is 0.154. The van der Waals surface area contributed by atoms with E-state index in [1.54, 1.807) is 55.5 Å². The van der Waals surface area contributed by atoms with Gasteiger partial charge in [0.1, 0.15) is 5.58 Å². The zero-order valence-electron chi connectivity index (χ0n) is 18.3. The number of anilines is 1. The second kappa shape index (κ2) is 9.30. The smallest absolute Gasteiger partial charge is 0.262 e. The van der Waals surface area contributed by atoms with Crippen molar-refractivity contribution in [1.82, 2.24) is 0 Å². The van der Waals surface area contributed by atoms with E-state index in [1.165, 1.54) is 0 Å². The summed E-state index contributed by atoms with van der Waals surface area (Å²) in [5.74, 6) is -0.229. The predicted octanol–water partition coefficient (Wildman–Crippen LogP) is 6.71. The van der Waals surface area contributed by atoms with Crippen LogP contribution in [0.3, 0.4) is 0 Å². The molecule has 0 unspecified atom stereocenters. The molecule has 3 aromatic carbocycles. The Morgan fingerprint density at radius 1 is 1.00 bits per heavy atom. The van der Waals surface area contributed by atoms with Gasteiger partial charge in [-0.2, -0.15) is 0 Å². The van der Waals surface area contributed by atoms with Gasteiger partial charge >= 0.3 is 0 Å². The molecule has 4 aromatic rings. The van der Waals surface area contributed by atoms with E-state index in [0.717, 1.165) is 16.7 Å². The van der Waals surface area contributed by atoms with Crippen LogP contribution in [0.2, 0.25) is 10.0 Å². The van der Waals surface area contributed by atoms with Crippen LogP contribution in [0.4, 0.5) is 5.69 Å². The molecule has 0 aliphatic rings. The molecule has 0 saturated carbocycles. The molecule has 0 aliphatic heterocycles. The van der Waals surface area contributed by atoms with Gasteiger partial charge in [0.05, 0.1) is 5.39 Å². The molecule has 1 amide bonds. The van der Waals surface area contributed by atoms with Crippen molar-refractivity contribution in [3.8, 4) is 17.1 Å². The molecule has 0 saturated heterocycles. The summed E-state index contributed by atoms with van der Waals surface area (Å²) in [5, 5.41) is 4.24. The van der Waals surface area contributed by atoms with Gasteiger partial charge in [-0.1, -0.05) is 29.3 Å². The summed E-state index contributed by atoms with van der Waals surface area (Å²) in [6.07, 6.45) is 0. The molecule has 0 aliphatic carbocycles. The maximum Gasteiger partial charge on any atom is 0.262 e. The molecule has 4 rings (SSSR count). The zero-order valence-corrected chi connectivity index (χ0v) is 19.8. The molecule has 0 radical (unpaired) electrons. The van der Waals surface area contributed by atoms with Crippen LogP contribution in [0, 0.1) is 20.8 Å². The number of hydrogen-bond acceptors (Lipinski definition) is 4. The minimum atomic E-state index is -0.429. The number of carbonyl (C=O) groups is 1. The summed E-state index contributed by atoms with van der Waals surface area (Å²) in [5.41, 5.74) is 3.97. The Morgan fingerprint density at radius 3 is 2.42 bits per heavy atom. The van der Waals surface area contributed by atoms with Crippen molar-refractivity contribution in [2.24, 2.45) is 0 Å². The SMILES string of the molecule is Cc1cc2oc(-c3ccc(Cl)cc3)c(OCC(=O)Nc3cccc(Cl)c3C)c(=O)c2cc1C. The first-order valence-electron chi connectivity index (χ1n) is 10.3. The first-order valence-corrected chi connectivity index (χ1v) is 11.0. The van der Waals surface area contributed by atoms with Crippen LogP contribution in [-0.4, -0.2) is 12.5 Å². The Morgan fingerprint density at radius 2 is 1.70 bits per heavy atom. The first kappa shape index (κ1) is 22.9. The van der Waals surface area contributed by atoms with E-state index in [0.29, 0.717) is 32.3 Å². The quantitative estimate of drug-likeness (QED) is 0.343. The van der Waals surface area contributed by atoms with Gasteiger partial charge in [0.25, 0.3) is 5.91 Å². The first-order chi connectivity index (χ1) is 15.7. The molecule has 5 nitrogen and oxygen atoms in total. The van der Waals surface area contributed by atoms with Crippen molar-refractivity contribution in [1.29, 1.82) is 0 Å². The molecule has 7 heteroatoms. The molecular weight excluding hydrogens is 461 g/mol. The lowest BCUT2D eigenvalue weighted by Gasteiger charge is -2.13. The maximum absolute atomic E-state index is 13.4. The Balaban J connectivity index is 1.72. The lowest BCUT2D eigenvalue weighted by molar-refractivity contribution is -0.118. The third kappa shape index (κ3) is 4.75. The van der Waals surface area contributed by atoms with Gasteiger partial charge in [-0.05, 0) is 86.0 Å². The fourth-order valence-corrected chi connectivity index (χ4v) is 3.72. The number of benzene rings is 3. The summed E-state index contributed by atoms with van der Waals surface area (Å²) in [6, 6.07) is 15.7. The van der Waals surface area contributed by atoms with Crippen molar-refractivity contribution in [2.45, 2.75) is 20.8 Å². The number of fused-ring (bicyclic) bond motifs is 1. The van der Waals surface area contributed by atoms with Crippen LogP contribution < -0.4 is 15.5 Å². The molecule has 1 N–H and O–H groups in total. The summed E-state index contributed by atoms with van der Waals surface area (Å²) in [7, 11) is 0. The second-order valence-electron chi connectivity index (χ2n) is 7.78. The van der Waals surface area contributed by atoms with Crippen molar-refractivity contribution in [2.75, 3.05) is 11.9 Å². The van der Waals surface area contributed by atoms with Crippen LogP contribution >= 0.6 is 23.2 Å². The fourth-order valence-electron chi connectivity index (χ4n) is 3.42. The molecule has 33 heavy (non-hydrogen) atoms. The van der Waals surface area contributed by atoms with Crippen LogP contribution in [0.1, 0.15) is 16.7 Å². The van der Waals surface area contributed by atoms with Gasteiger partial charge in [-0.25, -0.2) is 0 Å². The number of amides is 1. The molecule has 0 fully saturated rings. The molecule has 1 aromatic heterocycles. The van der Waals surface area contributed by atoms with Crippen molar-refractivity contribution in [3.63, 3.8) is 0 Å². The van der Waals surface area contributed by atoms with E-state index in [1.807, 2.05) is 19.9 Å². The van der Waals surface area contributed by atoms with E-state index in [4.69, 9.17) is 32.4 Å². The van der Waals surface area contributed by atoms with Gasteiger partial charge in [0.15, 0.2) is 12.4 Å². The average molecular weight is 482 g/mol. The summed E-state index contributed by atoms with van der Waals surface area (Å²) in [6.45, 7) is 5.29. The van der Waals surface area contributed by atoms with Gasteiger partial charge in [0.2, 0.25) is 11.2 Å². The average Bonchev–Trinajstić information content (AvgIpc) is 2.78. The minimum Gasteiger partial charge on any atom is -0.476 e. The van der Waals surface area contributed by atoms with Gasteiger partial charge in [0, 0.05) is 21.3 Å². The molecule has 1 heterocycles. The van der Waals surface area contributed by atoms with Gasteiger partial charge in [-0.3, -0.25) is 9.59 Å². The molecule has 168 valence electrons. The van der Waals surface area contributed by atoms with Gasteiger partial charge < -0.3 is 14.5 Å². The Kier molecular flexibility index (Phi) is 6.45. The Labute approximate surface area is 200 Å². The number of aryl methyl sites for hydroxylation is 2. The predicted molar refractivity (Wildman–Crippen MR) is 133 cm³/mol. The van der Waals surface area contributed by atoms with Crippen LogP contribution in [-0.2, 0) is 4.79 Å². The summed E-state index contributed by atoms with van der Waals surface area (Å²) in [4.78, 5) is 25.9. The van der Waals surface area contributed by atoms with Gasteiger partial charge in [-0.15, -0.1) is 0 Å². The summed E-state index contributed by atoms with van der Waals surface area (Å²) >= 11 is 12.1. The highest BCUT2D eigenvalue weighted by Crippen LogP contribution is 2.32. The third-order valence-corrected chi connectivity index (χ3v) is 6.12. The van der Waals surface area contributed by atoms with Crippen LogP contribution in [0.5, 0.6) is 5.75 Å². The van der Waals surface area contributed by atoms with Crippen molar-refractivity contribution in [3.05, 3.63) is 91.6 Å². The number of carbonyl (C=O) groups excluding carboxylic acids is 1. The van der Waals surface area contributed by atoms with Crippen LogP contribution in [0.15, 0.2) is 63.8 Å². The maximum atomic E-state index is 13.4. The number of nitrogens with one attached hydrogen (secondary N) is 1. The monoisotopic (exact) mass is 481 g/mol. The molecule has 0 bridgehead atoms. The topological polar surface area (TPSA) is 68.5 Å². The number of rotatable bonds is 5. The van der Waals surface area contributed by atoms with E-state index < -0.39 is 5.91 Å². The lowest BCUT2D eigenvalue weighted by atomic mass is 10.0. The van der Waals surface area contributed by atoms with Crippen LogP contribution in [0.25, 0.3) is 22.3 Å².